The molecule has 1 aromatic heterocycles. The second-order valence-electron chi connectivity index (χ2n) is 5.23. The largest absolute Gasteiger partial charge is 0.493 e. The number of nitrogens with one attached hydrogen (secondary N) is 1. The van der Waals surface area contributed by atoms with Crippen molar-refractivity contribution in [2.75, 3.05) is 12.4 Å². The number of halogens is 2. The predicted octanol–water partition coefficient (Wildman–Crippen LogP) is 2.66. The Morgan fingerprint density at radius 2 is 2.08 bits per heavy atom. The molecule has 1 amide bonds. The van der Waals surface area contributed by atoms with Crippen molar-refractivity contribution >= 4 is 17.3 Å². The second-order valence-corrected chi connectivity index (χ2v) is 5.23. The Kier molecular flexibility index (Phi) is 5.70. The Balaban J connectivity index is 2.13. The molecule has 0 saturated heterocycles. The van der Waals surface area contributed by atoms with Gasteiger partial charge in [0.05, 0.1) is 12.0 Å². The number of amides is 1. The number of anilines is 1. The topological polar surface area (TPSA) is 109 Å². The van der Waals surface area contributed by atoms with Crippen LogP contribution in [0.15, 0.2) is 18.2 Å². The lowest BCUT2D eigenvalue weighted by Crippen LogP contribution is -2.20. The van der Waals surface area contributed by atoms with Crippen LogP contribution >= 0.6 is 0 Å². The van der Waals surface area contributed by atoms with Gasteiger partial charge < -0.3 is 14.8 Å². The lowest BCUT2D eigenvalue weighted by atomic mass is 10.2. The first-order valence-corrected chi connectivity index (χ1v) is 7.34. The van der Waals surface area contributed by atoms with E-state index >= 15 is 0 Å². The van der Waals surface area contributed by atoms with Crippen LogP contribution in [0, 0.1) is 24.0 Å². The van der Waals surface area contributed by atoms with Crippen LogP contribution in [0.2, 0.25) is 0 Å². The van der Waals surface area contributed by atoms with Gasteiger partial charge in [-0.1, -0.05) is 0 Å². The Morgan fingerprint density at radius 3 is 2.62 bits per heavy atom. The average Bonchev–Trinajstić information content (AvgIpc) is 2.82. The highest BCUT2D eigenvalue weighted by atomic mass is 19.3. The fraction of sp³-hybridized carbons (Fsp3) is 0.333. The summed E-state index contributed by atoms with van der Waals surface area (Å²) in [6, 6.07) is 3.91. The molecule has 0 spiro atoms. The molecular formula is C15H16F2N4O5. The lowest BCUT2D eigenvalue weighted by molar-refractivity contribution is -0.386. The standard InChI is InChI=1S/C15H16F2N4O5/c1-8-14(21(23)24)9(2)20(19-8)7-13(22)18-10-4-5-11(26-15(16)17)12(6-10)25-3/h4-6,15H,7H2,1-3H3,(H,18,22). The van der Waals surface area contributed by atoms with E-state index in [2.05, 4.69) is 15.2 Å². The van der Waals surface area contributed by atoms with Crippen LogP contribution in [0.3, 0.4) is 0 Å². The third-order valence-electron chi connectivity index (χ3n) is 3.48. The second kappa shape index (κ2) is 7.76. The molecule has 2 rings (SSSR count). The van der Waals surface area contributed by atoms with Gasteiger partial charge in [-0.3, -0.25) is 19.6 Å². The first kappa shape index (κ1) is 19.1. The normalized spacial score (nSPS) is 10.7. The van der Waals surface area contributed by atoms with Gasteiger partial charge in [-0.15, -0.1) is 0 Å². The number of alkyl halides is 2. The van der Waals surface area contributed by atoms with E-state index in [0.29, 0.717) is 0 Å². The van der Waals surface area contributed by atoms with E-state index in [0.717, 1.165) is 0 Å². The van der Waals surface area contributed by atoms with Crippen LogP contribution in [0.5, 0.6) is 11.5 Å². The number of nitro groups is 1. The Hall–Kier alpha value is -3.24. The number of hydrogen-bond donors (Lipinski definition) is 1. The molecule has 11 heteroatoms. The van der Waals surface area contributed by atoms with Gasteiger partial charge in [0.15, 0.2) is 11.5 Å². The lowest BCUT2D eigenvalue weighted by Gasteiger charge is -2.12. The van der Waals surface area contributed by atoms with E-state index < -0.39 is 17.4 Å². The van der Waals surface area contributed by atoms with E-state index in [-0.39, 0.29) is 40.8 Å². The number of aromatic nitrogens is 2. The molecule has 0 saturated carbocycles. The fourth-order valence-corrected chi connectivity index (χ4v) is 2.38. The number of benzene rings is 1. The number of nitrogens with zero attached hydrogens (tertiary/aromatic N) is 3. The zero-order chi connectivity index (χ0) is 19.4. The average molecular weight is 370 g/mol. The van der Waals surface area contributed by atoms with E-state index in [9.17, 15) is 23.7 Å². The molecule has 0 aliphatic carbocycles. The molecule has 0 atom stereocenters. The zero-order valence-electron chi connectivity index (χ0n) is 14.2. The summed E-state index contributed by atoms with van der Waals surface area (Å²) in [5.74, 6) is -0.658. The molecule has 0 fully saturated rings. The van der Waals surface area contributed by atoms with Crippen molar-refractivity contribution in [3.63, 3.8) is 0 Å². The number of hydrogen-bond acceptors (Lipinski definition) is 6. The highest BCUT2D eigenvalue weighted by Crippen LogP contribution is 2.31. The highest BCUT2D eigenvalue weighted by molar-refractivity contribution is 5.91. The number of rotatable bonds is 7. The quantitative estimate of drug-likeness (QED) is 0.593. The molecule has 1 N–H and O–H groups in total. The summed E-state index contributed by atoms with van der Waals surface area (Å²) < 4.78 is 35.1. The summed E-state index contributed by atoms with van der Waals surface area (Å²) >= 11 is 0. The van der Waals surface area contributed by atoms with Gasteiger partial charge in [-0.25, -0.2) is 0 Å². The van der Waals surface area contributed by atoms with Crippen molar-refractivity contribution in [2.45, 2.75) is 27.0 Å². The number of ether oxygens (including phenoxy) is 2. The molecule has 0 unspecified atom stereocenters. The molecular weight excluding hydrogens is 354 g/mol. The first-order valence-electron chi connectivity index (χ1n) is 7.34. The van der Waals surface area contributed by atoms with Crippen molar-refractivity contribution in [1.82, 2.24) is 9.78 Å². The van der Waals surface area contributed by atoms with E-state index in [1.54, 1.807) is 0 Å². The summed E-state index contributed by atoms with van der Waals surface area (Å²) in [7, 11) is 1.27. The SMILES string of the molecule is COc1cc(NC(=O)Cn2nc(C)c([N+](=O)[O-])c2C)ccc1OC(F)F. The van der Waals surface area contributed by atoms with E-state index in [1.165, 1.54) is 43.8 Å². The smallest absolute Gasteiger partial charge is 0.387 e. The fourth-order valence-electron chi connectivity index (χ4n) is 2.38. The molecule has 1 aromatic carbocycles. The molecule has 140 valence electrons. The molecule has 0 aliphatic rings. The molecule has 26 heavy (non-hydrogen) atoms. The minimum Gasteiger partial charge on any atom is -0.493 e. The predicted molar refractivity (Wildman–Crippen MR) is 86.6 cm³/mol. The van der Waals surface area contributed by atoms with Crippen molar-refractivity contribution in [3.05, 3.63) is 39.7 Å². The van der Waals surface area contributed by atoms with Crippen LogP contribution < -0.4 is 14.8 Å². The van der Waals surface area contributed by atoms with Crippen molar-refractivity contribution in [2.24, 2.45) is 0 Å². The van der Waals surface area contributed by atoms with Gasteiger partial charge in [-0.05, 0) is 26.0 Å². The Morgan fingerprint density at radius 1 is 1.38 bits per heavy atom. The van der Waals surface area contributed by atoms with Gasteiger partial charge in [0.2, 0.25) is 5.91 Å². The minimum absolute atomic E-state index is 0.0184. The Bertz CT molecular complexity index is 838. The zero-order valence-corrected chi connectivity index (χ0v) is 14.2. The maximum Gasteiger partial charge on any atom is 0.387 e. The summed E-state index contributed by atoms with van der Waals surface area (Å²) in [4.78, 5) is 22.6. The minimum atomic E-state index is -3.01. The summed E-state index contributed by atoms with van der Waals surface area (Å²) in [5.41, 5.74) is 0.592. The van der Waals surface area contributed by atoms with Crippen molar-refractivity contribution in [1.29, 1.82) is 0 Å². The molecule has 2 aromatic rings. The van der Waals surface area contributed by atoms with Gasteiger partial charge in [-0.2, -0.15) is 13.9 Å². The number of methoxy groups -OCH3 is 1. The highest BCUT2D eigenvalue weighted by Gasteiger charge is 2.22. The van der Waals surface area contributed by atoms with Gasteiger partial charge in [0.1, 0.15) is 17.9 Å². The van der Waals surface area contributed by atoms with Gasteiger partial charge >= 0.3 is 12.3 Å². The molecule has 0 bridgehead atoms. The number of aryl methyl sites for hydroxylation is 1. The maximum atomic E-state index is 12.3. The van der Waals surface area contributed by atoms with Crippen LogP contribution in [-0.4, -0.2) is 34.3 Å². The van der Waals surface area contributed by atoms with Crippen molar-refractivity contribution in [3.8, 4) is 11.5 Å². The monoisotopic (exact) mass is 370 g/mol. The first-order chi connectivity index (χ1) is 12.2. The molecule has 1 heterocycles. The third kappa shape index (κ3) is 4.23. The van der Waals surface area contributed by atoms with E-state index in [4.69, 9.17) is 4.74 Å². The number of carbonyl (C=O) groups excluding carboxylic acids is 1. The van der Waals surface area contributed by atoms with Gasteiger partial charge in [0, 0.05) is 11.8 Å². The molecule has 9 nitrogen and oxygen atoms in total. The maximum absolute atomic E-state index is 12.3. The van der Waals surface area contributed by atoms with E-state index in [1.807, 2.05) is 0 Å². The summed E-state index contributed by atoms with van der Waals surface area (Å²) in [6.45, 7) is -0.291. The van der Waals surface area contributed by atoms with Crippen LogP contribution in [-0.2, 0) is 11.3 Å². The van der Waals surface area contributed by atoms with Gasteiger partial charge in [0.25, 0.3) is 0 Å². The number of carbonyl (C=O) groups is 1. The third-order valence-corrected chi connectivity index (χ3v) is 3.48. The molecule has 0 radical (unpaired) electrons. The molecule has 0 aliphatic heterocycles. The van der Waals surface area contributed by atoms with Crippen LogP contribution in [0.1, 0.15) is 11.4 Å². The summed E-state index contributed by atoms with van der Waals surface area (Å²) in [6.07, 6.45) is 0. The van der Waals surface area contributed by atoms with Crippen molar-refractivity contribution < 1.29 is 28.0 Å². The summed E-state index contributed by atoms with van der Waals surface area (Å²) in [5, 5.41) is 17.5. The Labute approximate surface area is 146 Å². The van der Waals surface area contributed by atoms with Crippen LogP contribution in [0.4, 0.5) is 20.2 Å². The van der Waals surface area contributed by atoms with Crippen LogP contribution in [0.25, 0.3) is 0 Å².